The van der Waals surface area contributed by atoms with Gasteiger partial charge in [0.2, 0.25) is 11.8 Å². The lowest BCUT2D eigenvalue weighted by Crippen LogP contribution is -2.46. The van der Waals surface area contributed by atoms with Gasteiger partial charge in [-0.15, -0.1) is 0 Å². The van der Waals surface area contributed by atoms with Gasteiger partial charge in [0, 0.05) is 6.54 Å². The molecule has 0 radical (unpaired) electrons. The molecule has 8 heteroatoms. The molecule has 140 valence electrons. The van der Waals surface area contributed by atoms with Crippen LogP contribution in [0.3, 0.4) is 0 Å². The number of ether oxygens (including phenoxy) is 3. The summed E-state index contributed by atoms with van der Waals surface area (Å²) in [5, 5.41) is 0.598. The van der Waals surface area contributed by atoms with Gasteiger partial charge in [0.1, 0.15) is 11.7 Å². The molecule has 0 spiro atoms. The molecule has 1 aliphatic heterocycles. The lowest BCUT2D eigenvalue weighted by Gasteiger charge is -2.33. The van der Waals surface area contributed by atoms with E-state index in [1.54, 1.807) is 11.0 Å². The van der Waals surface area contributed by atoms with E-state index in [1.165, 1.54) is 11.8 Å². The SMILES string of the molecule is CCOc1cc(O[C@@H]2CCCN(C(=O)OC(C)(C)C)C2)nc(SC)n1. The first-order chi connectivity index (χ1) is 11.8. The molecule has 0 bridgehead atoms. The fraction of sp³-hybridized carbons (Fsp3) is 0.706. The second-order valence-corrected chi connectivity index (χ2v) is 7.55. The molecule has 25 heavy (non-hydrogen) atoms. The number of carbonyl (C=O) groups is 1. The van der Waals surface area contributed by atoms with Crippen molar-refractivity contribution in [2.75, 3.05) is 26.0 Å². The molecule has 0 aliphatic carbocycles. The minimum absolute atomic E-state index is 0.125. The molecule has 1 fully saturated rings. The zero-order chi connectivity index (χ0) is 18.4. The number of amides is 1. The Morgan fingerprint density at radius 3 is 2.72 bits per heavy atom. The molecule has 0 unspecified atom stereocenters. The average molecular weight is 369 g/mol. The molecule has 2 heterocycles. The molecular weight excluding hydrogens is 342 g/mol. The Balaban J connectivity index is 2.02. The Hall–Kier alpha value is -1.70. The quantitative estimate of drug-likeness (QED) is 0.582. The Bertz CT molecular complexity index is 592. The maximum absolute atomic E-state index is 12.3. The summed E-state index contributed by atoms with van der Waals surface area (Å²) in [4.78, 5) is 22.6. The van der Waals surface area contributed by atoms with Crippen molar-refractivity contribution in [2.45, 2.75) is 57.4 Å². The van der Waals surface area contributed by atoms with Crippen LogP contribution in [0.25, 0.3) is 0 Å². The van der Waals surface area contributed by atoms with Crippen LogP contribution >= 0.6 is 11.8 Å². The summed E-state index contributed by atoms with van der Waals surface area (Å²) in [5.74, 6) is 0.968. The van der Waals surface area contributed by atoms with E-state index in [9.17, 15) is 4.79 Å². The summed E-state index contributed by atoms with van der Waals surface area (Å²) < 4.78 is 16.9. The number of hydrogen-bond donors (Lipinski definition) is 0. The Kier molecular flexibility index (Phi) is 6.75. The number of hydrogen-bond acceptors (Lipinski definition) is 7. The Labute approximate surface area is 153 Å². The molecule has 1 aromatic heterocycles. The molecule has 0 N–H and O–H groups in total. The number of carbonyl (C=O) groups excluding carboxylic acids is 1. The predicted octanol–water partition coefficient (Wildman–Crippen LogP) is 3.38. The van der Waals surface area contributed by atoms with Crippen LogP contribution in [0.1, 0.15) is 40.5 Å². The molecule has 0 aromatic carbocycles. The van der Waals surface area contributed by atoms with Gasteiger partial charge in [-0.25, -0.2) is 4.79 Å². The molecule has 1 aliphatic rings. The van der Waals surface area contributed by atoms with Gasteiger partial charge < -0.3 is 19.1 Å². The van der Waals surface area contributed by atoms with Crippen LogP contribution in [0, 0.1) is 0 Å². The fourth-order valence-corrected chi connectivity index (χ4v) is 2.82. The van der Waals surface area contributed by atoms with E-state index in [0.717, 1.165) is 12.8 Å². The van der Waals surface area contributed by atoms with Gasteiger partial charge in [-0.1, -0.05) is 11.8 Å². The third-order valence-electron chi connectivity index (χ3n) is 3.45. The largest absolute Gasteiger partial charge is 0.478 e. The first-order valence-electron chi connectivity index (χ1n) is 8.51. The first-order valence-corrected chi connectivity index (χ1v) is 9.73. The van der Waals surface area contributed by atoms with Gasteiger partial charge in [0.15, 0.2) is 5.16 Å². The number of likely N-dealkylation sites (tertiary alicyclic amines) is 1. The first kappa shape index (κ1) is 19.6. The van der Waals surface area contributed by atoms with Crippen molar-refractivity contribution in [1.29, 1.82) is 0 Å². The number of piperidine rings is 1. The smallest absolute Gasteiger partial charge is 0.410 e. The van der Waals surface area contributed by atoms with Gasteiger partial charge in [0.25, 0.3) is 0 Å². The molecule has 1 atom stereocenters. The predicted molar refractivity (Wildman–Crippen MR) is 96.4 cm³/mol. The van der Waals surface area contributed by atoms with Gasteiger partial charge >= 0.3 is 6.09 Å². The van der Waals surface area contributed by atoms with E-state index in [0.29, 0.717) is 36.6 Å². The highest BCUT2D eigenvalue weighted by Crippen LogP contribution is 2.24. The average Bonchev–Trinajstić information content (AvgIpc) is 2.53. The van der Waals surface area contributed by atoms with E-state index in [2.05, 4.69) is 9.97 Å². The van der Waals surface area contributed by atoms with Crippen molar-refractivity contribution in [1.82, 2.24) is 14.9 Å². The monoisotopic (exact) mass is 369 g/mol. The summed E-state index contributed by atoms with van der Waals surface area (Å²) in [6.45, 7) is 9.19. The molecule has 7 nitrogen and oxygen atoms in total. The summed E-state index contributed by atoms with van der Waals surface area (Å²) in [5.41, 5.74) is -0.503. The molecule has 0 saturated carbocycles. The third kappa shape index (κ3) is 6.26. The number of nitrogens with zero attached hydrogens (tertiary/aromatic N) is 3. The zero-order valence-corrected chi connectivity index (χ0v) is 16.4. The second kappa shape index (κ2) is 8.60. The minimum atomic E-state index is -0.503. The highest BCUT2D eigenvalue weighted by molar-refractivity contribution is 7.98. The van der Waals surface area contributed by atoms with Gasteiger partial charge in [-0.3, -0.25) is 0 Å². The summed E-state index contributed by atoms with van der Waals surface area (Å²) in [6, 6.07) is 1.69. The minimum Gasteiger partial charge on any atom is -0.478 e. The van der Waals surface area contributed by atoms with Gasteiger partial charge in [-0.2, -0.15) is 9.97 Å². The van der Waals surface area contributed by atoms with Gasteiger partial charge in [0.05, 0.1) is 19.2 Å². The van der Waals surface area contributed by atoms with Crippen LogP contribution in [0.15, 0.2) is 11.2 Å². The van der Waals surface area contributed by atoms with Crippen molar-refractivity contribution in [3.63, 3.8) is 0 Å². The fourth-order valence-electron chi connectivity index (χ4n) is 2.45. The van der Waals surface area contributed by atoms with Gasteiger partial charge in [-0.05, 0) is 46.8 Å². The lowest BCUT2D eigenvalue weighted by molar-refractivity contribution is 0.00707. The van der Waals surface area contributed by atoms with E-state index in [4.69, 9.17) is 14.2 Å². The number of thioether (sulfide) groups is 1. The molecule has 2 rings (SSSR count). The number of aromatic nitrogens is 2. The van der Waals surface area contributed by atoms with Crippen LogP contribution in [-0.4, -0.2) is 58.6 Å². The molecule has 1 amide bonds. The van der Waals surface area contributed by atoms with Crippen molar-refractivity contribution in [2.24, 2.45) is 0 Å². The third-order valence-corrected chi connectivity index (χ3v) is 4.00. The van der Waals surface area contributed by atoms with Crippen LogP contribution in [0.2, 0.25) is 0 Å². The topological polar surface area (TPSA) is 73.8 Å². The van der Waals surface area contributed by atoms with E-state index in [-0.39, 0.29) is 12.2 Å². The van der Waals surface area contributed by atoms with E-state index >= 15 is 0 Å². The highest BCUT2D eigenvalue weighted by atomic mass is 32.2. The molecule has 1 aromatic rings. The van der Waals surface area contributed by atoms with Crippen molar-refractivity contribution in [3.8, 4) is 11.8 Å². The van der Waals surface area contributed by atoms with Crippen molar-refractivity contribution in [3.05, 3.63) is 6.07 Å². The van der Waals surface area contributed by atoms with E-state index < -0.39 is 5.60 Å². The normalized spacial score (nSPS) is 18.0. The Morgan fingerprint density at radius 1 is 1.36 bits per heavy atom. The second-order valence-electron chi connectivity index (χ2n) is 6.77. The lowest BCUT2D eigenvalue weighted by atomic mass is 10.1. The van der Waals surface area contributed by atoms with Crippen molar-refractivity contribution >= 4 is 17.9 Å². The van der Waals surface area contributed by atoms with E-state index in [1.807, 2.05) is 34.0 Å². The molecular formula is C17H27N3O4S. The number of rotatable bonds is 5. The maximum Gasteiger partial charge on any atom is 0.410 e. The van der Waals surface area contributed by atoms with Crippen LogP contribution in [0.5, 0.6) is 11.8 Å². The summed E-state index contributed by atoms with van der Waals surface area (Å²) in [6.07, 6.45) is 3.20. The summed E-state index contributed by atoms with van der Waals surface area (Å²) >= 11 is 1.43. The zero-order valence-electron chi connectivity index (χ0n) is 15.6. The summed E-state index contributed by atoms with van der Waals surface area (Å²) in [7, 11) is 0. The van der Waals surface area contributed by atoms with Crippen LogP contribution in [0.4, 0.5) is 4.79 Å². The van der Waals surface area contributed by atoms with Crippen LogP contribution < -0.4 is 9.47 Å². The maximum atomic E-state index is 12.3. The van der Waals surface area contributed by atoms with Crippen molar-refractivity contribution < 1.29 is 19.0 Å². The van der Waals surface area contributed by atoms with Crippen LogP contribution in [-0.2, 0) is 4.74 Å². The Morgan fingerprint density at radius 2 is 2.08 bits per heavy atom. The molecule has 1 saturated heterocycles. The highest BCUT2D eigenvalue weighted by Gasteiger charge is 2.29. The standard InChI is InChI=1S/C17H27N3O4S/c1-6-22-13-10-14(19-15(18-13)25-5)23-12-8-7-9-20(11-12)16(21)24-17(2,3)4/h10,12H,6-9,11H2,1-5H3/t12-/m1/s1.